The van der Waals surface area contributed by atoms with E-state index in [1.807, 2.05) is 78.9 Å². The molecule has 0 bridgehead atoms. The minimum absolute atomic E-state index is 0.255. The number of hydrogen-bond donors (Lipinski definition) is 1. The van der Waals surface area contributed by atoms with Gasteiger partial charge in [-0.25, -0.2) is 9.59 Å². The summed E-state index contributed by atoms with van der Waals surface area (Å²) in [5.41, 5.74) is 3.25. The number of rotatable bonds is 8. The van der Waals surface area contributed by atoms with E-state index in [2.05, 4.69) is 17.9 Å². The monoisotopic (exact) mass is 402 g/mol. The van der Waals surface area contributed by atoms with Crippen LogP contribution < -0.4 is 0 Å². The van der Waals surface area contributed by atoms with Crippen LogP contribution in [0.1, 0.15) is 18.1 Å². The predicted octanol–water partition coefficient (Wildman–Crippen LogP) is 5.72. The van der Waals surface area contributed by atoms with Gasteiger partial charge in [-0.1, -0.05) is 92.0 Å². The Hall–Kier alpha value is -3.92. The van der Waals surface area contributed by atoms with Crippen molar-refractivity contribution in [3.05, 3.63) is 120 Å². The number of carbonyl (C=O) groups is 2. The summed E-state index contributed by atoms with van der Waals surface area (Å²) in [5.74, 6) is -1.32. The highest BCUT2D eigenvalue weighted by atomic mass is 16.5. The van der Waals surface area contributed by atoms with E-state index in [-0.39, 0.29) is 6.61 Å². The Bertz CT molecular complexity index is 920. The highest BCUT2D eigenvalue weighted by Crippen LogP contribution is 2.13. The van der Waals surface area contributed by atoms with Gasteiger partial charge in [-0.05, 0) is 35.8 Å². The number of carbonyl (C=O) groups excluding carboxylic acids is 1. The molecule has 0 amide bonds. The van der Waals surface area contributed by atoms with Gasteiger partial charge in [0, 0.05) is 11.6 Å². The van der Waals surface area contributed by atoms with Crippen molar-refractivity contribution >= 4 is 24.1 Å². The molecule has 0 aliphatic carbocycles. The molecule has 2 rings (SSSR count). The molecule has 2 aromatic carbocycles. The number of benzene rings is 2. The van der Waals surface area contributed by atoms with Crippen molar-refractivity contribution in [2.75, 3.05) is 6.61 Å². The van der Waals surface area contributed by atoms with Crippen molar-refractivity contribution in [3.8, 4) is 0 Å². The standard InChI is InChI=1S/C20H18O2.C6H8O2/c1-16(20(21)22)14-19(15-18-10-6-3-7-11-18)13-12-17-8-4-2-5-9-17;1-3-5-8-6(7)4-2/h2-15H,1H3,(H,21,22);3-4H,1-2,5H2. The molecule has 0 aromatic heterocycles. The highest BCUT2D eigenvalue weighted by molar-refractivity contribution is 5.87. The van der Waals surface area contributed by atoms with E-state index < -0.39 is 11.9 Å². The van der Waals surface area contributed by atoms with Gasteiger partial charge >= 0.3 is 11.9 Å². The molecule has 0 fully saturated rings. The summed E-state index contributed by atoms with van der Waals surface area (Å²) in [6.07, 6.45) is 10.2. The van der Waals surface area contributed by atoms with E-state index in [9.17, 15) is 9.59 Å². The molecular weight excluding hydrogens is 376 g/mol. The first-order valence-corrected chi connectivity index (χ1v) is 9.27. The summed E-state index contributed by atoms with van der Waals surface area (Å²) in [6, 6.07) is 19.8. The largest absolute Gasteiger partial charge is 0.478 e. The first-order chi connectivity index (χ1) is 14.5. The summed E-state index contributed by atoms with van der Waals surface area (Å²) < 4.78 is 4.47. The maximum absolute atomic E-state index is 11.0. The number of aliphatic carboxylic acids is 1. The smallest absolute Gasteiger partial charge is 0.331 e. The molecule has 0 aliphatic heterocycles. The Labute approximate surface area is 177 Å². The number of allylic oxidation sites excluding steroid dienone is 3. The van der Waals surface area contributed by atoms with Crippen LogP contribution >= 0.6 is 0 Å². The van der Waals surface area contributed by atoms with Crippen LogP contribution in [0.15, 0.2) is 109 Å². The van der Waals surface area contributed by atoms with Crippen LogP contribution in [0.2, 0.25) is 0 Å². The van der Waals surface area contributed by atoms with E-state index >= 15 is 0 Å². The van der Waals surface area contributed by atoms with Crippen molar-refractivity contribution in [2.45, 2.75) is 6.92 Å². The second-order valence-electron chi connectivity index (χ2n) is 6.05. The fraction of sp³-hybridized carbons (Fsp3) is 0.0769. The normalized spacial score (nSPS) is 11.2. The first-order valence-electron chi connectivity index (χ1n) is 9.27. The zero-order chi connectivity index (χ0) is 22.2. The number of hydrogen-bond acceptors (Lipinski definition) is 3. The van der Waals surface area contributed by atoms with Crippen LogP contribution in [0.4, 0.5) is 0 Å². The zero-order valence-corrected chi connectivity index (χ0v) is 17.0. The minimum atomic E-state index is -0.910. The molecule has 154 valence electrons. The molecule has 0 atom stereocenters. The molecule has 2 aromatic rings. The lowest BCUT2D eigenvalue weighted by Gasteiger charge is -2.00. The Morgan fingerprint density at radius 1 is 0.967 bits per heavy atom. The van der Waals surface area contributed by atoms with E-state index in [4.69, 9.17) is 5.11 Å². The Morgan fingerprint density at radius 2 is 1.53 bits per heavy atom. The van der Waals surface area contributed by atoms with Gasteiger partial charge in [0.25, 0.3) is 0 Å². The van der Waals surface area contributed by atoms with Crippen molar-refractivity contribution in [3.63, 3.8) is 0 Å². The zero-order valence-electron chi connectivity index (χ0n) is 17.0. The average Bonchev–Trinajstić information content (AvgIpc) is 2.77. The van der Waals surface area contributed by atoms with Crippen molar-refractivity contribution in [1.82, 2.24) is 0 Å². The quantitative estimate of drug-likeness (QED) is 0.266. The Kier molecular flexibility index (Phi) is 11.4. The molecule has 0 unspecified atom stereocenters. The van der Waals surface area contributed by atoms with Gasteiger partial charge in [0.15, 0.2) is 0 Å². The van der Waals surface area contributed by atoms with Crippen LogP contribution in [0, 0.1) is 0 Å². The lowest BCUT2D eigenvalue weighted by molar-refractivity contribution is -0.136. The molecule has 0 aliphatic rings. The van der Waals surface area contributed by atoms with E-state index in [1.54, 1.807) is 13.0 Å². The van der Waals surface area contributed by atoms with Gasteiger partial charge < -0.3 is 9.84 Å². The number of esters is 1. The van der Waals surface area contributed by atoms with E-state index in [0.29, 0.717) is 5.57 Å². The molecule has 1 N–H and O–H groups in total. The lowest BCUT2D eigenvalue weighted by atomic mass is 10.1. The van der Waals surface area contributed by atoms with Gasteiger partial charge in [0.05, 0.1) is 0 Å². The molecule has 4 heteroatoms. The topological polar surface area (TPSA) is 63.6 Å². The van der Waals surface area contributed by atoms with Gasteiger partial charge in [-0.2, -0.15) is 0 Å². The van der Waals surface area contributed by atoms with Gasteiger partial charge in [-0.15, -0.1) is 0 Å². The molecule has 0 saturated heterocycles. The maximum Gasteiger partial charge on any atom is 0.331 e. The molecule has 0 spiro atoms. The SMILES string of the molecule is C=CCOC(=O)C=C.CC(=CC(C=Cc1ccccc1)=Cc1ccccc1)C(=O)O. The third kappa shape index (κ3) is 10.4. The fourth-order valence-electron chi connectivity index (χ4n) is 2.15. The summed E-state index contributed by atoms with van der Waals surface area (Å²) in [6.45, 7) is 8.41. The van der Waals surface area contributed by atoms with Gasteiger partial charge in [0.1, 0.15) is 6.61 Å². The van der Waals surface area contributed by atoms with Crippen LogP contribution in [-0.4, -0.2) is 23.7 Å². The van der Waals surface area contributed by atoms with E-state index in [0.717, 1.165) is 22.8 Å². The number of carboxylic acid groups (broad SMARTS) is 1. The third-order valence-corrected chi connectivity index (χ3v) is 3.63. The molecule has 4 nitrogen and oxygen atoms in total. The van der Waals surface area contributed by atoms with E-state index in [1.165, 1.54) is 6.08 Å². The Morgan fingerprint density at radius 3 is 2.03 bits per heavy atom. The maximum atomic E-state index is 11.0. The van der Waals surface area contributed by atoms with Crippen LogP contribution in [0.5, 0.6) is 0 Å². The van der Waals surface area contributed by atoms with Crippen molar-refractivity contribution in [1.29, 1.82) is 0 Å². The van der Waals surface area contributed by atoms with Crippen LogP contribution in [0.3, 0.4) is 0 Å². The first kappa shape index (κ1) is 24.1. The number of ether oxygens (including phenoxy) is 1. The predicted molar refractivity (Wildman–Crippen MR) is 123 cm³/mol. The van der Waals surface area contributed by atoms with Crippen LogP contribution in [-0.2, 0) is 14.3 Å². The summed E-state index contributed by atoms with van der Waals surface area (Å²) >= 11 is 0. The summed E-state index contributed by atoms with van der Waals surface area (Å²) in [5, 5.41) is 9.06. The minimum Gasteiger partial charge on any atom is -0.478 e. The molecule has 0 saturated carbocycles. The highest BCUT2D eigenvalue weighted by Gasteiger charge is 2.00. The second kappa shape index (κ2) is 14.1. The van der Waals surface area contributed by atoms with Crippen molar-refractivity contribution < 1.29 is 19.4 Å². The summed E-state index contributed by atoms with van der Waals surface area (Å²) in [7, 11) is 0. The number of carboxylic acids is 1. The summed E-state index contributed by atoms with van der Waals surface area (Å²) in [4.78, 5) is 21.2. The molecule has 30 heavy (non-hydrogen) atoms. The van der Waals surface area contributed by atoms with Crippen LogP contribution in [0.25, 0.3) is 12.2 Å². The molecule has 0 radical (unpaired) electrons. The molecule has 0 heterocycles. The fourth-order valence-corrected chi connectivity index (χ4v) is 2.15. The lowest BCUT2D eigenvalue weighted by Crippen LogP contribution is -1.98. The Balaban J connectivity index is 0.000000479. The van der Waals surface area contributed by atoms with Gasteiger partial charge in [0.2, 0.25) is 0 Å². The van der Waals surface area contributed by atoms with Gasteiger partial charge in [-0.3, -0.25) is 0 Å². The molecular formula is C26H26O4. The third-order valence-electron chi connectivity index (χ3n) is 3.63. The average molecular weight is 402 g/mol. The second-order valence-corrected chi connectivity index (χ2v) is 6.05. The van der Waals surface area contributed by atoms with Crippen molar-refractivity contribution in [2.24, 2.45) is 0 Å².